The van der Waals surface area contributed by atoms with Crippen LogP contribution in [0.5, 0.6) is 0 Å². The molecule has 0 unspecified atom stereocenters. The van der Waals surface area contributed by atoms with Crippen molar-refractivity contribution in [2.75, 3.05) is 31.6 Å². The summed E-state index contributed by atoms with van der Waals surface area (Å²) in [7, 11) is 0. The topological polar surface area (TPSA) is 80.5 Å². The molecule has 1 saturated heterocycles. The van der Waals surface area contributed by atoms with Crippen molar-refractivity contribution in [3.63, 3.8) is 0 Å². The molecule has 2 heterocycles. The number of thiocarbonyl (C=S) groups is 1. The van der Waals surface area contributed by atoms with E-state index in [0.29, 0.717) is 23.5 Å². The Morgan fingerprint density at radius 2 is 2.24 bits per heavy atom. The van der Waals surface area contributed by atoms with Gasteiger partial charge in [0.1, 0.15) is 0 Å². The fourth-order valence-corrected chi connectivity index (χ4v) is 3.26. The van der Waals surface area contributed by atoms with Crippen LogP contribution in [0.15, 0.2) is 18.2 Å². The maximum atomic E-state index is 10.8. The summed E-state index contributed by atoms with van der Waals surface area (Å²) in [6, 6.07) is 4.62. The first kappa shape index (κ1) is 14.1. The highest BCUT2D eigenvalue weighted by Gasteiger charge is 2.16. The van der Waals surface area contributed by atoms with Crippen LogP contribution in [-0.4, -0.2) is 46.2 Å². The second-order valence-corrected chi connectivity index (χ2v) is 5.88. The van der Waals surface area contributed by atoms with Gasteiger partial charge in [0.2, 0.25) is 0 Å². The Labute approximate surface area is 129 Å². The molecule has 2 aromatic rings. The van der Waals surface area contributed by atoms with Crippen LogP contribution in [0.1, 0.15) is 0 Å². The second kappa shape index (κ2) is 5.88. The van der Waals surface area contributed by atoms with Gasteiger partial charge in [-0.05, 0) is 18.3 Å². The Morgan fingerprint density at radius 1 is 1.48 bits per heavy atom. The number of rotatable bonds is 2. The van der Waals surface area contributed by atoms with Crippen molar-refractivity contribution in [1.29, 1.82) is 0 Å². The van der Waals surface area contributed by atoms with E-state index in [2.05, 4.69) is 10.3 Å². The lowest BCUT2D eigenvalue weighted by Gasteiger charge is -2.28. The molecule has 1 aliphatic rings. The van der Waals surface area contributed by atoms with Crippen LogP contribution in [0, 0.1) is 10.1 Å². The van der Waals surface area contributed by atoms with Crippen molar-refractivity contribution in [2.24, 2.45) is 0 Å². The number of morpholine rings is 1. The minimum atomic E-state index is -0.412. The summed E-state index contributed by atoms with van der Waals surface area (Å²) in [6.45, 7) is 2.83. The molecule has 0 amide bonds. The van der Waals surface area contributed by atoms with E-state index in [-0.39, 0.29) is 5.69 Å². The van der Waals surface area contributed by atoms with Crippen molar-refractivity contribution < 1.29 is 9.66 Å². The zero-order chi connectivity index (χ0) is 14.8. The van der Waals surface area contributed by atoms with Gasteiger partial charge < -0.3 is 15.0 Å². The fourth-order valence-electron chi connectivity index (χ4n) is 2.02. The van der Waals surface area contributed by atoms with Crippen LogP contribution in [0.2, 0.25) is 0 Å². The van der Waals surface area contributed by atoms with E-state index in [9.17, 15) is 10.1 Å². The average Bonchev–Trinajstić information content (AvgIpc) is 2.89. The molecule has 1 aromatic carbocycles. The summed E-state index contributed by atoms with van der Waals surface area (Å²) in [6.07, 6.45) is 0. The number of nitro groups is 1. The molecule has 0 spiro atoms. The molecule has 1 fully saturated rings. The summed E-state index contributed by atoms with van der Waals surface area (Å²) >= 11 is 6.69. The minimum absolute atomic E-state index is 0.0634. The Kier molecular flexibility index (Phi) is 3.95. The molecule has 0 radical (unpaired) electrons. The van der Waals surface area contributed by atoms with Crippen LogP contribution >= 0.6 is 23.6 Å². The number of hydrogen-bond acceptors (Lipinski definition) is 6. The van der Waals surface area contributed by atoms with E-state index in [0.717, 1.165) is 23.3 Å². The molecule has 0 bridgehead atoms. The Balaban J connectivity index is 1.77. The number of benzene rings is 1. The number of anilines is 1. The molecule has 1 aromatic heterocycles. The van der Waals surface area contributed by atoms with Gasteiger partial charge in [-0.1, -0.05) is 11.3 Å². The lowest BCUT2D eigenvalue weighted by atomic mass is 10.3. The summed E-state index contributed by atoms with van der Waals surface area (Å²) in [4.78, 5) is 16.8. The predicted molar refractivity (Wildman–Crippen MR) is 84.9 cm³/mol. The molecule has 1 N–H and O–H groups in total. The van der Waals surface area contributed by atoms with E-state index in [1.807, 2.05) is 4.90 Å². The maximum Gasteiger partial charge on any atom is 0.270 e. The van der Waals surface area contributed by atoms with Crippen LogP contribution in [0.25, 0.3) is 10.2 Å². The van der Waals surface area contributed by atoms with Crippen molar-refractivity contribution >= 4 is 49.7 Å². The lowest BCUT2D eigenvalue weighted by molar-refractivity contribution is -0.384. The third-order valence-electron chi connectivity index (χ3n) is 3.10. The van der Waals surface area contributed by atoms with Crippen molar-refractivity contribution in [2.45, 2.75) is 0 Å². The van der Waals surface area contributed by atoms with Gasteiger partial charge in [-0.15, -0.1) is 0 Å². The molecule has 0 atom stereocenters. The van der Waals surface area contributed by atoms with Crippen molar-refractivity contribution in [3.8, 4) is 0 Å². The number of aromatic nitrogens is 1. The molecule has 21 heavy (non-hydrogen) atoms. The first-order chi connectivity index (χ1) is 10.1. The predicted octanol–water partition coefficient (Wildman–Crippen LogP) is 2.23. The molecular weight excluding hydrogens is 312 g/mol. The number of nitrogens with one attached hydrogen (secondary N) is 1. The van der Waals surface area contributed by atoms with E-state index in [1.54, 1.807) is 6.07 Å². The van der Waals surface area contributed by atoms with Crippen LogP contribution < -0.4 is 5.32 Å². The van der Waals surface area contributed by atoms with Crippen LogP contribution in [0.4, 0.5) is 10.8 Å². The normalized spacial score (nSPS) is 15.1. The Morgan fingerprint density at radius 3 is 2.95 bits per heavy atom. The first-order valence-electron chi connectivity index (χ1n) is 6.32. The summed E-state index contributed by atoms with van der Waals surface area (Å²) in [5.74, 6) is 0. The van der Waals surface area contributed by atoms with Gasteiger partial charge >= 0.3 is 0 Å². The van der Waals surface area contributed by atoms with E-state index < -0.39 is 4.92 Å². The molecule has 3 rings (SSSR count). The zero-order valence-electron chi connectivity index (χ0n) is 10.9. The first-order valence-corrected chi connectivity index (χ1v) is 7.54. The Hall–Kier alpha value is -1.84. The number of nitrogens with zero attached hydrogens (tertiary/aromatic N) is 3. The summed E-state index contributed by atoms with van der Waals surface area (Å²) in [5, 5.41) is 15.1. The SMILES string of the molecule is O=[N+]([O-])c1ccc2nc(NC(=S)N3CCOCC3)sc2c1. The van der Waals surface area contributed by atoms with Crippen molar-refractivity contribution in [3.05, 3.63) is 28.3 Å². The van der Waals surface area contributed by atoms with Gasteiger partial charge in [-0.2, -0.15) is 0 Å². The molecule has 1 aliphatic heterocycles. The highest BCUT2D eigenvalue weighted by Crippen LogP contribution is 2.29. The smallest absolute Gasteiger partial charge is 0.270 e. The van der Waals surface area contributed by atoms with Gasteiger partial charge in [-0.3, -0.25) is 10.1 Å². The quantitative estimate of drug-likeness (QED) is 0.515. The number of hydrogen-bond donors (Lipinski definition) is 1. The van der Waals surface area contributed by atoms with Gasteiger partial charge in [0.25, 0.3) is 5.69 Å². The van der Waals surface area contributed by atoms with E-state index in [4.69, 9.17) is 17.0 Å². The third-order valence-corrected chi connectivity index (χ3v) is 4.39. The maximum absolute atomic E-state index is 10.8. The van der Waals surface area contributed by atoms with Gasteiger partial charge in [-0.25, -0.2) is 4.98 Å². The summed E-state index contributed by atoms with van der Waals surface area (Å²) in [5.41, 5.74) is 0.784. The van der Waals surface area contributed by atoms with Gasteiger partial charge in [0, 0.05) is 25.2 Å². The van der Waals surface area contributed by atoms with Crippen LogP contribution in [-0.2, 0) is 4.74 Å². The number of thiazole rings is 1. The average molecular weight is 324 g/mol. The lowest BCUT2D eigenvalue weighted by Crippen LogP contribution is -2.42. The molecule has 0 saturated carbocycles. The number of ether oxygens (including phenoxy) is 1. The minimum Gasteiger partial charge on any atom is -0.378 e. The molecule has 9 heteroatoms. The number of nitro benzene ring substituents is 1. The van der Waals surface area contributed by atoms with Gasteiger partial charge in [0.15, 0.2) is 10.2 Å². The van der Waals surface area contributed by atoms with Crippen molar-refractivity contribution in [1.82, 2.24) is 9.88 Å². The number of fused-ring (bicyclic) bond motifs is 1. The van der Waals surface area contributed by atoms with Crippen LogP contribution in [0.3, 0.4) is 0 Å². The van der Waals surface area contributed by atoms with E-state index in [1.165, 1.54) is 23.5 Å². The molecule has 110 valence electrons. The molecule has 0 aliphatic carbocycles. The number of non-ortho nitro benzene ring substituents is 1. The van der Waals surface area contributed by atoms with E-state index >= 15 is 0 Å². The highest BCUT2D eigenvalue weighted by atomic mass is 32.1. The monoisotopic (exact) mass is 324 g/mol. The Bertz CT molecular complexity index is 697. The largest absolute Gasteiger partial charge is 0.378 e. The fraction of sp³-hybridized carbons (Fsp3) is 0.333. The zero-order valence-corrected chi connectivity index (χ0v) is 12.6. The molecular formula is C12H12N4O3S2. The molecule has 7 nitrogen and oxygen atoms in total. The standard InChI is InChI=1S/C12H12N4O3S2/c17-16(18)8-1-2-9-10(7-8)21-11(13-9)14-12(20)15-3-5-19-6-4-15/h1-2,7H,3-6H2,(H,13,14,20). The second-order valence-electron chi connectivity index (χ2n) is 4.46. The summed E-state index contributed by atoms with van der Waals surface area (Å²) < 4.78 is 6.04. The highest BCUT2D eigenvalue weighted by molar-refractivity contribution is 7.80. The van der Waals surface area contributed by atoms with Gasteiger partial charge in [0.05, 0.1) is 28.4 Å². The third kappa shape index (κ3) is 3.09.